The molecule has 0 bridgehead atoms. The summed E-state index contributed by atoms with van der Waals surface area (Å²) in [5.74, 6) is -2.32. The molecule has 2 aromatic rings. The van der Waals surface area contributed by atoms with E-state index in [2.05, 4.69) is 10.1 Å². The number of hydrogen-bond acceptors (Lipinski definition) is 5. The summed E-state index contributed by atoms with van der Waals surface area (Å²) in [7, 11) is 1.16. The van der Waals surface area contributed by atoms with E-state index in [1.165, 1.54) is 0 Å². The maximum atomic E-state index is 12.5. The number of esters is 1. The van der Waals surface area contributed by atoms with Crippen LogP contribution in [0.5, 0.6) is 0 Å². The zero-order valence-electron chi connectivity index (χ0n) is 12.5. The number of nitrogens with zero attached hydrogens (tertiary/aromatic N) is 1. The highest BCUT2D eigenvalue weighted by Crippen LogP contribution is 2.35. The van der Waals surface area contributed by atoms with Crippen LogP contribution in [0.15, 0.2) is 24.3 Å². The molecule has 1 aromatic heterocycles. The van der Waals surface area contributed by atoms with E-state index in [0.29, 0.717) is 29.4 Å². The summed E-state index contributed by atoms with van der Waals surface area (Å²) >= 11 is 0. The third-order valence-electron chi connectivity index (χ3n) is 3.79. The van der Waals surface area contributed by atoms with Crippen LogP contribution in [-0.2, 0) is 20.7 Å². The van der Waals surface area contributed by atoms with E-state index >= 15 is 0 Å². The van der Waals surface area contributed by atoms with E-state index in [1.54, 1.807) is 24.3 Å². The molecule has 2 heterocycles. The molecule has 0 amide bonds. The molecule has 0 fully saturated rings. The van der Waals surface area contributed by atoms with Gasteiger partial charge in [0.15, 0.2) is 6.23 Å². The van der Waals surface area contributed by atoms with Gasteiger partial charge in [-0.2, -0.15) is 13.2 Å². The third kappa shape index (κ3) is 2.60. The molecule has 0 spiro atoms. The summed E-state index contributed by atoms with van der Waals surface area (Å²) in [5.41, 5.74) is 1.27. The number of methoxy groups -OCH3 is 1. The van der Waals surface area contributed by atoms with Crippen molar-refractivity contribution >= 4 is 23.0 Å². The maximum absolute atomic E-state index is 12.5. The van der Waals surface area contributed by atoms with Crippen LogP contribution in [0.2, 0.25) is 0 Å². The molecule has 9 heteroatoms. The van der Waals surface area contributed by atoms with Crippen molar-refractivity contribution < 1.29 is 32.2 Å². The second-order valence-corrected chi connectivity index (χ2v) is 5.17. The van der Waals surface area contributed by atoms with Crippen LogP contribution in [0.4, 0.5) is 18.0 Å². The first-order chi connectivity index (χ1) is 11.3. The van der Waals surface area contributed by atoms with E-state index in [4.69, 9.17) is 4.74 Å². The van der Waals surface area contributed by atoms with Gasteiger partial charge in [0.1, 0.15) is 0 Å². The first-order valence-corrected chi connectivity index (χ1v) is 7.06. The van der Waals surface area contributed by atoms with Crippen molar-refractivity contribution in [2.75, 3.05) is 13.7 Å². The number of rotatable bonds is 1. The minimum Gasteiger partial charge on any atom is -0.452 e. The van der Waals surface area contributed by atoms with Gasteiger partial charge in [0.05, 0.1) is 18.3 Å². The van der Waals surface area contributed by atoms with Crippen LogP contribution >= 0.6 is 0 Å². The molecule has 3 rings (SSSR count). The first-order valence-electron chi connectivity index (χ1n) is 7.06. The predicted molar refractivity (Wildman–Crippen MR) is 76.3 cm³/mol. The SMILES string of the molecule is COC(=O)n1c2c(c3ccccc31)CCNC2OC(=O)C(F)(F)F. The number of ether oxygens (including phenoxy) is 2. The summed E-state index contributed by atoms with van der Waals surface area (Å²) in [5, 5.41) is 3.39. The Balaban J connectivity index is 2.15. The van der Waals surface area contributed by atoms with Crippen molar-refractivity contribution in [1.29, 1.82) is 0 Å². The predicted octanol–water partition coefficient (Wildman–Crippen LogP) is 2.51. The average Bonchev–Trinajstić information content (AvgIpc) is 2.89. The lowest BCUT2D eigenvalue weighted by Gasteiger charge is -2.26. The van der Waals surface area contributed by atoms with Gasteiger partial charge in [0.25, 0.3) is 0 Å². The fourth-order valence-electron chi connectivity index (χ4n) is 2.85. The Morgan fingerprint density at radius 3 is 2.67 bits per heavy atom. The van der Waals surface area contributed by atoms with Crippen LogP contribution < -0.4 is 5.32 Å². The van der Waals surface area contributed by atoms with E-state index in [-0.39, 0.29) is 5.69 Å². The van der Waals surface area contributed by atoms with Crippen molar-refractivity contribution in [2.24, 2.45) is 0 Å². The molecular formula is C15H13F3N2O4. The first kappa shape index (κ1) is 16.3. The molecule has 128 valence electrons. The van der Waals surface area contributed by atoms with Gasteiger partial charge in [-0.1, -0.05) is 18.2 Å². The second-order valence-electron chi connectivity index (χ2n) is 5.17. The Kier molecular flexibility index (Phi) is 3.96. The fourth-order valence-corrected chi connectivity index (χ4v) is 2.85. The van der Waals surface area contributed by atoms with Gasteiger partial charge in [-0.05, 0) is 18.1 Å². The lowest BCUT2D eigenvalue weighted by molar-refractivity contribution is -0.207. The van der Waals surface area contributed by atoms with E-state index in [1.807, 2.05) is 0 Å². The number of benzene rings is 1. The Morgan fingerprint density at radius 1 is 1.29 bits per heavy atom. The van der Waals surface area contributed by atoms with E-state index in [0.717, 1.165) is 11.7 Å². The summed E-state index contributed by atoms with van der Waals surface area (Å²) in [6.45, 7) is 0.304. The highest BCUT2D eigenvalue weighted by Gasteiger charge is 2.44. The van der Waals surface area contributed by atoms with Crippen molar-refractivity contribution in [1.82, 2.24) is 9.88 Å². The molecule has 0 radical (unpaired) electrons. The van der Waals surface area contributed by atoms with Crippen molar-refractivity contribution in [2.45, 2.75) is 18.8 Å². The topological polar surface area (TPSA) is 69.6 Å². The zero-order valence-corrected chi connectivity index (χ0v) is 12.5. The molecule has 1 unspecified atom stereocenters. The molecule has 0 saturated carbocycles. The molecule has 1 aliphatic rings. The van der Waals surface area contributed by atoms with E-state index in [9.17, 15) is 22.8 Å². The van der Waals surface area contributed by atoms with Crippen LogP contribution in [0.1, 0.15) is 17.5 Å². The van der Waals surface area contributed by atoms with E-state index < -0.39 is 24.5 Å². The van der Waals surface area contributed by atoms with Crippen molar-refractivity contribution in [3.8, 4) is 0 Å². The number of hydrogen-bond donors (Lipinski definition) is 1. The number of halogens is 3. The quantitative estimate of drug-likeness (QED) is 0.807. The van der Waals surface area contributed by atoms with Crippen LogP contribution in [0.3, 0.4) is 0 Å². The number of aromatic nitrogens is 1. The number of fused-ring (bicyclic) bond motifs is 3. The monoisotopic (exact) mass is 342 g/mol. The Morgan fingerprint density at radius 2 is 2.00 bits per heavy atom. The standard InChI is InChI=1S/C15H13F3N2O4/c1-23-14(22)20-10-5-3-2-4-8(10)9-6-7-19-12(11(9)20)24-13(21)15(16,17)18/h2-5,12,19H,6-7H2,1H3. The molecule has 0 saturated heterocycles. The molecule has 0 aliphatic carbocycles. The summed E-state index contributed by atoms with van der Waals surface area (Å²) in [4.78, 5) is 23.3. The Hall–Kier alpha value is -2.55. The number of nitrogens with one attached hydrogen (secondary N) is 1. The normalized spacial score (nSPS) is 17.4. The van der Waals surface area contributed by atoms with Gasteiger partial charge in [-0.15, -0.1) is 0 Å². The number of alkyl halides is 3. The Bertz CT molecular complexity index is 813. The molecule has 1 aromatic carbocycles. The zero-order chi connectivity index (χ0) is 17.5. The molecule has 1 atom stereocenters. The van der Waals surface area contributed by atoms with Crippen LogP contribution in [0, 0.1) is 0 Å². The number of para-hydroxylation sites is 1. The fraction of sp³-hybridized carbons (Fsp3) is 0.333. The van der Waals surface area contributed by atoms with Gasteiger partial charge in [0.2, 0.25) is 0 Å². The van der Waals surface area contributed by atoms with Gasteiger partial charge >= 0.3 is 18.2 Å². The largest absolute Gasteiger partial charge is 0.490 e. The summed E-state index contributed by atoms with van der Waals surface area (Å²) < 4.78 is 47.9. The number of carbonyl (C=O) groups is 2. The average molecular weight is 342 g/mol. The highest BCUT2D eigenvalue weighted by molar-refractivity contribution is 5.94. The van der Waals surface area contributed by atoms with Gasteiger partial charge in [0, 0.05) is 11.9 Å². The lowest BCUT2D eigenvalue weighted by Crippen LogP contribution is -2.38. The summed E-state index contributed by atoms with van der Waals surface area (Å²) in [6.07, 6.45) is -6.82. The minimum absolute atomic E-state index is 0.145. The van der Waals surface area contributed by atoms with Crippen molar-refractivity contribution in [3.63, 3.8) is 0 Å². The summed E-state index contributed by atoms with van der Waals surface area (Å²) in [6, 6.07) is 6.84. The van der Waals surface area contributed by atoms with Gasteiger partial charge < -0.3 is 9.47 Å². The smallest absolute Gasteiger partial charge is 0.452 e. The maximum Gasteiger partial charge on any atom is 0.490 e. The third-order valence-corrected chi connectivity index (χ3v) is 3.79. The van der Waals surface area contributed by atoms with Crippen LogP contribution in [-0.4, -0.2) is 36.5 Å². The molecular weight excluding hydrogens is 329 g/mol. The molecule has 1 N–H and O–H groups in total. The van der Waals surface area contributed by atoms with Crippen LogP contribution in [0.25, 0.3) is 10.9 Å². The second kappa shape index (κ2) is 5.82. The lowest BCUT2D eigenvalue weighted by atomic mass is 10.0. The molecule has 24 heavy (non-hydrogen) atoms. The molecule has 6 nitrogen and oxygen atoms in total. The minimum atomic E-state index is -5.12. The number of carbonyl (C=O) groups excluding carboxylic acids is 2. The Labute approximate surface area is 134 Å². The van der Waals surface area contributed by atoms with Gasteiger partial charge in [-0.3, -0.25) is 5.32 Å². The highest BCUT2D eigenvalue weighted by atomic mass is 19.4. The molecule has 1 aliphatic heterocycles. The van der Waals surface area contributed by atoms with Gasteiger partial charge in [-0.25, -0.2) is 14.2 Å². The van der Waals surface area contributed by atoms with Crippen molar-refractivity contribution in [3.05, 3.63) is 35.5 Å².